The first-order valence-electron chi connectivity index (χ1n) is 9.43. The van der Waals surface area contributed by atoms with E-state index < -0.39 is 10.0 Å². The molecule has 1 unspecified atom stereocenters. The van der Waals surface area contributed by atoms with Gasteiger partial charge < -0.3 is 10.6 Å². The molecule has 1 fully saturated rings. The van der Waals surface area contributed by atoms with Crippen molar-refractivity contribution in [3.63, 3.8) is 0 Å². The second-order valence-corrected chi connectivity index (χ2v) is 10.3. The number of anilines is 1. The van der Waals surface area contributed by atoms with Crippen LogP contribution < -0.4 is 10.5 Å². The number of hydrogen-bond acceptors (Lipinski definition) is 6. The maximum Gasteiger partial charge on any atom is 0.256 e. The molecule has 1 amide bonds. The van der Waals surface area contributed by atoms with E-state index in [1.807, 2.05) is 17.9 Å². The van der Waals surface area contributed by atoms with Crippen molar-refractivity contribution in [3.05, 3.63) is 29.0 Å². The number of thiazole rings is 1. The number of amides is 1. The fourth-order valence-corrected chi connectivity index (χ4v) is 6.02. The van der Waals surface area contributed by atoms with Gasteiger partial charge in [-0.1, -0.05) is 18.3 Å². The Morgan fingerprint density at radius 1 is 1.39 bits per heavy atom. The number of aromatic nitrogens is 1. The quantitative estimate of drug-likeness (QED) is 0.747. The summed E-state index contributed by atoms with van der Waals surface area (Å²) in [6, 6.07) is 3.61. The van der Waals surface area contributed by atoms with Gasteiger partial charge >= 0.3 is 0 Å². The molecule has 3 N–H and O–H groups in total. The van der Waals surface area contributed by atoms with Crippen molar-refractivity contribution < 1.29 is 13.2 Å². The number of nitrogens with one attached hydrogen (secondary N) is 1. The average molecular weight is 421 g/mol. The third kappa shape index (κ3) is 3.21. The maximum absolute atomic E-state index is 13.2. The van der Waals surface area contributed by atoms with Crippen molar-refractivity contribution in [2.75, 3.05) is 12.3 Å². The van der Waals surface area contributed by atoms with Gasteiger partial charge in [0.05, 0.1) is 21.0 Å². The zero-order valence-corrected chi connectivity index (χ0v) is 17.8. The SMILES string of the molecule is CCNS(=O)(=O)c1cc(-c2sc(N)nc2C)cc2c1C(=O)N(C(C)C1CC1)C2. The number of nitrogens with zero attached hydrogens (tertiary/aromatic N) is 2. The molecule has 1 aliphatic carbocycles. The summed E-state index contributed by atoms with van der Waals surface area (Å²) in [5.41, 5.74) is 8.37. The van der Waals surface area contributed by atoms with Gasteiger partial charge in [-0.15, -0.1) is 0 Å². The maximum atomic E-state index is 13.2. The van der Waals surface area contributed by atoms with Gasteiger partial charge in [0, 0.05) is 19.1 Å². The molecular weight excluding hydrogens is 396 g/mol. The number of fused-ring (bicyclic) bond motifs is 1. The number of nitrogens with two attached hydrogens (primary N) is 1. The summed E-state index contributed by atoms with van der Waals surface area (Å²) < 4.78 is 28.4. The lowest BCUT2D eigenvalue weighted by molar-refractivity contribution is 0.0694. The average Bonchev–Trinajstić information content (AvgIpc) is 3.35. The summed E-state index contributed by atoms with van der Waals surface area (Å²) in [5, 5.41) is 0.434. The molecule has 0 spiro atoms. The monoisotopic (exact) mass is 420 g/mol. The van der Waals surface area contributed by atoms with Gasteiger partial charge in [0.1, 0.15) is 0 Å². The fraction of sp³-hybridized carbons (Fsp3) is 0.474. The minimum absolute atomic E-state index is 0.0451. The Bertz CT molecular complexity index is 1060. The Balaban J connectivity index is 1.88. The summed E-state index contributed by atoms with van der Waals surface area (Å²) in [4.78, 5) is 20.1. The van der Waals surface area contributed by atoms with Crippen LogP contribution in [0.2, 0.25) is 0 Å². The van der Waals surface area contributed by atoms with E-state index in [-0.39, 0.29) is 23.4 Å². The zero-order chi connectivity index (χ0) is 20.2. The molecular formula is C19H24N4O3S2. The molecule has 1 aromatic heterocycles. The van der Waals surface area contributed by atoms with Crippen molar-refractivity contribution in [1.82, 2.24) is 14.6 Å². The van der Waals surface area contributed by atoms with Gasteiger partial charge in [0.25, 0.3) is 5.91 Å². The summed E-state index contributed by atoms with van der Waals surface area (Å²) in [6.45, 7) is 6.31. The lowest BCUT2D eigenvalue weighted by atomic mass is 10.0. The Hall–Kier alpha value is -1.97. The van der Waals surface area contributed by atoms with Crippen LogP contribution in [0.3, 0.4) is 0 Å². The van der Waals surface area contributed by atoms with E-state index >= 15 is 0 Å². The molecule has 0 saturated heterocycles. The predicted molar refractivity (Wildman–Crippen MR) is 110 cm³/mol. The van der Waals surface area contributed by atoms with Crippen molar-refractivity contribution in [1.29, 1.82) is 0 Å². The summed E-state index contributed by atoms with van der Waals surface area (Å²) >= 11 is 1.32. The van der Waals surface area contributed by atoms with E-state index in [0.29, 0.717) is 23.2 Å². The number of benzene rings is 1. The highest BCUT2D eigenvalue weighted by Gasteiger charge is 2.41. The molecule has 2 aromatic rings. The highest BCUT2D eigenvalue weighted by atomic mass is 32.2. The highest BCUT2D eigenvalue weighted by molar-refractivity contribution is 7.89. The Morgan fingerprint density at radius 2 is 2.11 bits per heavy atom. The molecule has 28 heavy (non-hydrogen) atoms. The van der Waals surface area contributed by atoms with Crippen molar-refractivity contribution in [3.8, 4) is 10.4 Å². The van der Waals surface area contributed by atoms with E-state index in [4.69, 9.17) is 5.73 Å². The Labute approximate surface area is 169 Å². The van der Waals surface area contributed by atoms with E-state index in [1.54, 1.807) is 13.0 Å². The highest BCUT2D eigenvalue weighted by Crippen LogP contribution is 2.41. The van der Waals surface area contributed by atoms with Gasteiger partial charge in [0.15, 0.2) is 5.13 Å². The van der Waals surface area contributed by atoms with Crippen LogP contribution in [0, 0.1) is 12.8 Å². The Kier molecular flexibility index (Phi) is 4.71. The second-order valence-electron chi connectivity index (χ2n) is 7.49. The van der Waals surface area contributed by atoms with Crippen molar-refractivity contribution in [2.45, 2.75) is 51.1 Å². The van der Waals surface area contributed by atoms with Crippen LogP contribution in [-0.2, 0) is 16.6 Å². The first kappa shape index (κ1) is 19.4. The van der Waals surface area contributed by atoms with Gasteiger partial charge in [-0.2, -0.15) is 0 Å². The first-order chi connectivity index (χ1) is 13.2. The largest absolute Gasteiger partial charge is 0.375 e. The van der Waals surface area contributed by atoms with Crippen molar-refractivity contribution >= 4 is 32.4 Å². The molecule has 2 heterocycles. The smallest absolute Gasteiger partial charge is 0.256 e. The number of carbonyl (C=O) groups excluding carboxylic acids is 1. The van der Waals surface area contributed by atoms with Crippen LogP contribution in [0.5, 0.6) is 0 Å². The van der Waals surface area contributed by atoms with Crippen LogP contribution in [0.15, 0.2) is 17.0 Å². The molecule has 1 aromatic carbocycles. The summed E-state index contributed by atoms with van der Waals surface area (Å²) in [6.07, 6.45) is 2.24. The molecule has 0 radical (unpaired) electrons. The minimum Gasteiger partial charge on any atom is -0.375 e. The van der Waals surface area contributed by atoms with E-state index in [1.165, 1.54) is 11.3 Å². The van der Waals surface area contributed by atoms with Crippen LogP contribution in [-0.4, -0.2) is 36.8 Å². The molecule has 4 rings (SSSR count). The second kappa shape index (κ2) is 6.82. The van der Waals surface area contributed by atoms with E-state index in [2.05, 4.69) is 16.6 Å². The normalized spacial score (nSPS) is 17.8. The van der Waals surface area contributed by atoms with Crippen LogP contribution >= 0.6 is 11.3 Å². The number of aryl methyl sites for hydroxylation is 1. The molecule has 0 bridgehead atoms. The summed E-state index contributed by atoms with van der Waals surface area (Å²) in [5.74, 6) is 0.313. The molecule has 2 aliphatic rings. The van der Waals surface area contributed by atoms with Crippen LogP contribution in [0.1, 0.15) is 48.3 Å². The molecule has 9 heteroatoms. The van der Waals surface area contributed by atoms with Crippen LogP contribution in [0.4, 0.5) is 5.13 Å². The van der Waals surface area contributed by atoms with E-state index in [9.17, 15) is 13.2 Å². The third-order valence-corrected chi connectivity index (χ3v) is 8.10. The third-order valence-electron chi connectivity index (χ3n) is 5.49. The fourth-order valence-electron chi connectivity index (χ4n) is 3.90. The number of rotatable bonds is 6. The molecule has 150 valence electrons. The lowest BCUT2D eigenvalue weighted by Crippen LogP contribution is -2.35. The first-order valence-corrected chi connectivity index (χ1v) is 11.7. The minimum atomic E-state index is -3.80. The molecule has 1 aliphatic heterocycles. The number of hydrogen-bond donors (Lipinski definition) is 2. The van der Waals surface area contributed by atoms with Crippen LogP contribution in [0.25, 0.3) is 10.4 Å². The molecule has 7 nitrogen and oxygen atoms in total. The van der Waals surface area contributed by atoms with E-state index in [0.717, 1.165) is 34.5 Å². The predicted octanol–water partition coefficient (Wildman–Crippen LogP) is 2.75. The van der Waals surface area contributed by atoms with Gasteiger partial charge in [0.2, 0.25) is 10.0 Å². The van der Waals surface area contributed by atoms with Gasteiger partial charge in [-0.25, -0.2) is 18.1 Å². The number of nitrogen functional groups attached to an aromatic ring is 1. The topological polar surface area (TPSA) is 105 Å². The summed E-state index contributed by atoms with van der Waals surface area (Å²) in [7, 11) is -3.80. The number of sulfonamides is 1. The molecule has 1 saturated carbocycles. The standard InChI is InChI=1S/C19H24N4O3S2/c1-4-21-28(25,26)15-8-13(17-10(2)22-19(20)27-17)7-14-9-23(18(24)16(14)15)11(3)12-5-6-12/h7-8,11-12,21H,4-6,9H2,1-3H3,(H2,20,22). The number of carbonyl (C=O) groups is 1. The zero-order valence-electron chi connectivity index (χ0n) is 16.2. The molecule has 1 atom stereocenters. The van der Waals surface area contributed by atoms with Gasteiger partial charge in [-0.05, 0) is 55.9 Å². The van der Waals surface area contributed by atoms with Crippen molar-refractivity contribution in [2.24, 2.45) is 5.92 Å². The van der Waals surface area contributed by atoms with Gasteiger partial charge in [-0.3, -0.25) is 4.79 Å². The lowest BCUT2D eigenvalue weighted by Gasteiger charge is -2.24. The Morgan fingerprint density at radius 3 is 2.68 bits per heavy atom.